The summed E-state index contributed by atoms with van der Waals surface area (Å²) < 4.78 is 12.6. The van der Waals surface area contributed by atoms with Crippen molar-refractivity contribution in [3.63, 3.8) is 0 Å². The first-order valence-electron chi connectivity index (χ1n) is 11.9. The predicted molar refractivity (Wildman–Crippen MR) is 120 cm³/mol. The van der Waals surface area contributed by atoms with E-state index in [0.717, 1.165) is 39.3 Å². The molecule has 0 heterocycles. The molecule has 0 N–H and O–H groups in total. The minimum atomic E-state index is 0.0998. The molecule has 0 aromatic heterocycles. The third-order valence-corrected chi connectivity index (χ3v) is 5.97. The highest BCUT2D eigenvalue weighted by Gasteiger charge is 2.29. The van der Waals surface area contributed by atoms with Gasteiger partial charge in [0.2, 0.25) is 0 Å². The first-order chi connectivity index (χ1) is 13.1. The highest BCUT2D eigenvalue weighted by molar-refractivity contribution is 4.87. The van der Waals surface area contributed by atoms with E-state index in [4.69, 9.17) is 9.47 Å². The second-order valence-electron chi connectivity index (χ2n) is 8.61. The van der Waals surface area contributed by atoms with Crippen LogP contribution < -0.4 is 0 Å². The molecule has 0 spiro atoms. The Balaban J connectivity index is 4.62. The molecule has 2 heteroatoms. The largest absolute Gasteiger partial charge is 0.380 e. The number of allylic oxidation sites excluding steroid dienone is 1. The van der Waals surface area contributed by atoms with E-state index in [1.165, 1.54) is 57.8 Å². The summed E-state index contributed by atoms with van der Waals surface area (Å²) >= 11 is 0. The lowest BCUT2D eigenvalue weighted by Crippen LogP contribution is -2.33. The van der Waals surface area contributed by atoms with E-state index in [0.29, 0.717) is 11.8 Å². The molecule has 0 saturated heterocycles. The lowest BCUT2D eigenvalue weighted by molar-refractivity contribution is -0.0430. The normalized spacial score (nSPS) is 16.0. The number of unbranched alkanes of at least 4 members (excludes halogenated alkanes) is 2. The second kappa shape index (κ2) is 17.7. The van der Waals surface area contributed by atoms with Crippen molar-refractivity contribution in [1.82, 2.24) is 0 Å². The Kier molecular flexibility index (Phi) is 17.5. The standard InChI is InChI=1S/C25H50O2/c1-7-13-15-23(11-5)19-26-21-25(17-9-3,18-10-4)22-27-20-24(12-6)16-14-8-2/h9,23-24H,3,7-8,10-22H2,1-2,4-6H3. The van der Waals surface area contributed by atoms with E-state index in [2.05, 4.69) is 47.3 Å². The van der Waals surface area contributed by atoms with Crippen LogP contribution in [0.3, 0.4) is 0 Å². The van der Waals surface area contributed by atoms with Gasteiger partial charge in [-0.2, -0.15) is 0 Å². The van der Waals surface area contributed by atoms with Crippen LogP contribution in [0, 0.1) is 17.3 Å². The second-order valence-corrected chi connectivity index (χ2v) is 8.61. The van der Waals surface area contributed by atoms with Crippen LogP contribution in [-0.4, -0.2) is 26.4 Å². The predicted octanol–water partition coefficient (Wildman–Crippen LogP) is 7.82. The maximum absolute atomic E-state index is 6.28. The summed E-state index contributed by atoms with van der Waals surface area (Å²) in [6.07, 6.45) is 15.6. The SMILES string of the molecule is C=CCC(CCC)(COCC(CC)CCCC)COCC(CC)CCCC. The van der Waals surface area contributed by atoms with Gasteiger partial charge in [-0.15, -0.1) is 6.58 Å². The molecule has 0 bridgehead atoms. The van der Waals surface area contributed by atoms with Gasteiger partial charge in [0.1, 0.15) is 0 Å². The zero-order valence-corrected chi connectivity index (χ0v) is 19.4. The zero-order valence-electron chi connectivity index (χ0n) is 19.4. The Morgan fingerprint density at radius 2 is 1.26 bits per heavy atom. The summed E-state index contributed by atoms with van der Waals surface area (Å²) in [5.41, 5.74) is 0.0998. The van der Waals surface area contributed by atoms with Crippen LogP contribution in [0.2, 0.25) is 0 Å². The van der Waals surface area contributed by atoms with E-state index >= 15 is 0 Å². The lowest BCUT2D eigenvalue weighted by atomic mass is 9.81. The summed E-state index contributed by atoms with van der Waals surface area (Å²) in [4.78, 5) is 0. The van der Waals surface area contributed by atoms with Crippen molar-refractivity contribution in [3.8, 4) is 0 Å². The third kappa shape index (κ3) is 12.7. The molecule has 2 nitrogen and oxygen atoms in total. The number of hydrogen-bond acceptors (Lipinski definition) is 2. The van der Waals surface area contributed by atoms with Crippen LogP contribution in [0.25, 0.3) is 0 Å². The molecule has 0 radical (unpaired) electrons. The molecule has 0 rings (SSSR count). The fraction of sp³-hybridized carbons (Fsp3) is 0.920. The summed E-state index contributed by atoms with van der Waals surface area (Å²) in [7, 11) is 0. The number of hydrogen-bond donors (Lipinski definition) is 0. The fourth-order valence-electron chi connectivity index (χ4n) is 3.92. The third-order valence-electron chi connectivity index (χ3n) is 5.97. The molecule has 2 unspecified atom stereocenters. The summed E-state index contributed by atoms with van der Waals surface area (Å²) in [5.74, 6) is 1.40. The topological polar surface area (TPSA) is 18.5 Å². The first-order valence-corrected chi connectivity index (χ1v) is 11.9. The summed E-state index contributed by atoms with van der Waals surface area (Å²) in [6.45, 7) is 18.8. The van der Waals surface area contributed by atoms with Gasteiger partial charge in [-0.05, 0) is 37.5 Å². The monoisotopic (exact) mass is 382 g/mol. The maximum atomic E-state index is 6.28. The quantitative estimate of drug-likeness (QED) is 0.200. The van der Waals surface area contributed by atoms with Crippen LogP contribution in [-0.2, 0) is 9.47 Å². The van der Waals surface area contributed by atoms with Gasteiger partial charge in [-0.1, -0.05) is 85.6 Å². The van der Waals surface area contributed by atoms with Crippen molar-refractivity contribution in [1.29, 1.82) is 0 Å². The number of rotatable bonds is 20. The molecule has 0 amide bonds. The van der Waals surface area contributed by atoms with Gasteiger partial charge in [0.05, 0.1) is 13.2 Å². The van der Waals surface area contributed by atoms with Crippen molar-refractivity contribution in [2.45, 2.75) is 105 Å². The van der Waals surface area contributed by atoms with E-state index < -0.39 is 0 Å². The van der Waals surface area contributed by atoms with Gasteiger partial charge in [-0.25, -0.2) is 0 Å². The van der Waals surface area contributed by atoms with Crippen molar-refractivity contribution in [3.05, 3.63) is 12.7 Å². The van der Waals surface area contributed by atoms with Crippen molar-refractivity contribution in [2.75, 3.05) is 26.4 Å². The van der Waals surface area contributed by atoms with Crippen LogP contribution in [0.1, 0.15) is 105 Å². The van der Waals surface area contributed by atoms with Crippen LogP contribution in [0.4, 0.5) is 0 Å². The minimum absolute atomic E-state index is 0.0998. The Morgan fingerprint density at radius 3 is 1.59 bits per heavy atom. The molecule has 2 atom stereocenters. The Morgan fingerprint density at radius 1 is 0.778 bits per heavy atom. The van der Waals surface area contributed by atoms with E-state index in [1.54, 1.807) is 0 Å². The van der Waals surface area contributed by atoms with E-state index in [9.17, 15) is 0 Å². The van der Waals surface area contributed by atoms with Crippen LogP contribution in [0.5, 0.6) is 0 Å². The van der Waals surface area contributed by atoms with Gasteiger partial charge in [-0.3, -0.25) is 0 Å². The van der Waals surface area contributed by atoms with Crippen molar-refractivity contribution < 1.29 is 9.47 Å². The minimum Gasteiger partial charge on any atom is -0.380 e. The van der Waals surface area contributed by atoms with Crippen LogP contribution >= 0.6 is 0 Å². The lowest BCUT2D eigenvalue weighted by Gasteiger charge is -2.33. The average molecular weight is 383 g/mol. The molecule has 0 saturated carbocycles. The Labute approximate surface area is 171 Å². The first kappa shape index (κ1) is 26.7. The van der Waals surface area contributed by atoms with Crippen LogP contribution in [0.15, 0.2) is 12.7 Å². The molecule has 162 valence electrons. The molecule has 0 aliphatic rings. The Bertz CT molecular complexity index is 304. The van der Waals surface area contributed by atoms with E-state index in [1.807, 2.05) is 0 Å². The Hall–Kier alpha value is -0.340. The molecular formula is C25H50O2. The number of ether oxygens (including phenoxy) is 2. The van der Waals surface area contributed by atoms with E-state index in [-0.39, 0.29) is 5.41 Å². The molecule has 0 fully saturated rings. The highest BCUT2D eigenvalue weighted by atomic mass is 16.5. The zero-order chi connectivity index (χ0) is 20.4. The molecule has 0 aliphatic heterocycles. The molecule has 0 aromatic carbocycles. The van der Waals surface area contributed by atoms with Crippen molar-refractivity contribution >= 4 is 0 Å². The molecule has 27 heavy (non-hydrogen) atoms. The van der Waals surface area contributed by atoms with Gasteiger partial charge < -0.3 is 9.47 Å². The van der Waals surface area contributed by atoms with Gasteiger partial charge >= 0.3 is 0 Å². The summed E-state index contributed by atoms with van der Waals surface area (Å²) in [5, 5.41) is 0. The maximum Gasteiger partial charge on any atom is 0.0547 e. The molecular weight excluding hydrogens is 332 g/mol. The molecule has 0 aliphatic carbocycles. The van der Waals surface area contributed by atoms with Gasteiger partial charge in [0.15, 0.2) is 0 Å². The highest BCUT2D eigenvalue weighted by Crippen LogP contribution is 2.31. The average Bonchev–Trinajstić information content (AvgIpc) is 2.67. The molecule has 0 aromatic rings. The van der Waals surface area contributed by atoms with Gasteiger partial charge in [0, 0.05) is 18.6 Å². The van der Waals surface area contributed by atoms with Crippen molar-refractivity contribution in [2.24, 2.45) is 17.3 Å². The fourth-order valence-corrected chi connectivity index (χ4v) is 3.92. The van der Waals surface area contributed by atoms with Gasteiger partial charge in [0.25, 0.3) is 0 Å². The summed E-state index contributed by atoms with van der Waals surface area (Å²) in [6, 6.07) is 0. The smallest absolute Gasteiger partial charge is 0.0547 e.